The molecule has 0 radical (unpaired) electrons. The van der Waals surface area contributed by atoms with Crippen molar-refractivity contribution < 1.29 is 4.79 Å². The zero-order valence-corrected chi connectivity index (χ0v) is 16.0. The number of likely N-dealkylation sites (tertiary alicyclic amines) is 3. The molecule has 1 amide bonds. The first-order valence-corrected chi connectivity index (χ1v) is 10.6. The van der Waals surface area contributed by atoms with Crippen molar-refractivity contribution in [1.82, 2.24) is 14.7 Å². The molecule has 26 heavy (non-hydrogen) atoms. The standard InChI is InChI=1S/C22H33N3O/c26-22(25-16-5-6-21(25)18-24-14-3-4-15-24)20-9-7-19(8-10-20)11-17-23-12-1-2-13-23/h7-10,21H,1-6,11-18H2/t21-/m0/s1. The summed E-state index contributed by atoms with van der Waals surface area (Å²) >= 11 is 0. The van der Waals surface area contributed by atoms with Gasteiger partial charge in [0.05, 0.1) is 0 Å². The Balaban J connectivity index is 1.32. The molecular formula is C22H33N3O. The van der Waals surface area contributed by atoms with Crippen LogP contribution in [0.25, 0.3) is 0 Å². The summed E-state index contributed by atoms with van der Waals surface area (Å²) < 4.78 is 0. The van der Waals surface area contributed by atoms with Crippen molar-refractivity contribution >= 4 is 5.91 Å². The number of hydrogen-bond donors (Lipinski definition) is 0. The molecule has 3 saturated heterocycles. The molecule has 142 valence electrons. The van der Waals surface area contributed by atoms with Crippen molar-refractivity contribution in [2.45, 2.75) is 51.0 Å². The molecular weight excluding hydrogens is 322 g/mol. The highest BCUT2D eigenvalue weighted by Gasteiger charge is 2.31. The van der Waals surface area contributed by atoms with Crippen LogP contribution in [0.15, 0.2) is 24.3 Å². The van der Waals surface area contributed by atoms with Crippen molar-refractivity contribution in [3.8, 4) is 0 Å². The Kier molecular flexibility index (Phi) is 5.91. The van der Waals surface area contributed by atoms with Crippen LogP contribution in [-0.4, -0.2) is 72.5 Å². The quantitative estimate of drug-likeness (QED) is 0.785. The molecule has 3 aliphatic rings. The lowest BCUT2D eigenvalue weighted by Crippen LogP contribution is -2.42. The molecule has 0 aliphatic carbocycles. The van der Waals surface area contributed by atoms with Crippen LogP contribution in [-0.2, 0) is 6.42 Å². The van der Waals surface area contributed by atoms with E-state index in [1.54, 1.807) is 0 Å². The molecule has 4 nitrogen and oxygen atoms in total. The number of amides is 1. The number of benzene rings is 1. The van der Waals surface area contributed by atoms with Crippen molar-refractivity contribution in [2.24, 2.45) is 0 Å². The van der Waals surface area contributed by atoms with Gasteiger partial charge in [0, 0.05) is 31.2 Å². The lowest BCUT2D eigenvalue weighted by atomic mass is 10.1. The maximum Gasteiger partial charge on any atom is 0.254 e. The molecule has 0 spiro atoms. The third-order valence-corrected chi connectivity index (χ3v) is 6.42. The molecule has 0 saturated carbocycles. The monoisotopic (exact) mass is 355 g/mol. The van der Waals surface area contributed by atoms with E-state index in [1.807, 2.05) is 12.1 Å². The number of hydrogen-bond acceptors (Lipinski definition) is 3. The van der Waals surface area contributed by atoms with Crippen molar-refractivity contribution in [3.05, 3.63) is 35.4 Å². The van der Waals surface area contributed by atoms with Gasteiger partial charge in [-0.1, -0.05) is 12.1 Å². The van der Waals surface area contributed by atoms with E-state index >= 15 is 0 Å². The fourth-order valence-electron chi connectivity index (χ4n) is 4.83. The van der Waals surface area contributed by atoms with Gasteiger partial charge in [-0.3, -0.25) is 4.79 Å². The zero-order chi connectivity index (χ0) is 17.8. The lowest BCUT2D eigenvalue weighted by Gasteiger charge is -2.28. The van der Waals surface area contributed by atoms with Crippen molar-refractivity contribution in [3.63, 3.8) is 0 Å². The highest BCUT2D eigenvalue weighted by Crippen LogP contribution is 2.23. The Hall–Kier alpha value is -1.39. The van der Waals surface area contributed by atoms with Gasteiger partial charge in [0.1, 0.15) is 0 Å². The summed E-state index contributed by atoms with van der Waals surface area (Å²) in [6.45, 7) is 8.08. The van der Waals surface area contributed by atoms with Gasteiger partial charge in [0.2, 0.25) is 0 Å². The maximum atomic E-state index is 13.0. The van der Waals surface area contributed by atoms with E-state index in [2.05, 4.69) is 26.8 Å². The van der Waals surface area contributed by atoms with E-state index in [-0.39, 0.29) is 5.91 Å². The number of carbonyl (C=O) groups excluding carboxylic acids is 1. The Bertz CT molecular complexity index is 588. The predicted molar refractivity (Wildman–Crippen MR) is 106 cm³/mol. The smallest absolute Gasteiger partial charge is 0.254 e. The molecule has 1 aromatic rings. The third kappa shape index (κ3) is 4.29. The Morgan fingerprint density at radius 2 is 1.50 bits per heavy atom. The molecule has 0 bridgehead atoms. The first kappa shape index (κ1) is 18.0. The van der Waals surface area contributed by atoms with E-state index < -0.39 is 0 Å². The van der Waals surface area contributed by atoms with E-state index in [0.717, 1.165) is 44.5 Å². The van der Waals surface area contributed by atoms with Crippen LogP contribution in [0, 0.1) is 0 Å². The minimum Gasteiger partial charge on any atom is -0.334 e. The molecule has 3 aliphatic heterocycles. The summed E-state index contributed by atoms with van der Waals surface area (Å²) in [6, 6.07) is 8.83. The first-order valence-electron chi connectivity index (χ1n) is 10.6. The average Bonchev–Trinajstić information content (AvgIpc) is 3.43. The maximum absolute atomic E-state index is 13.0. The van der Waals surface area contributed by atoms with Gasteiger partial charge in [0.15, 0.2) is 0 Å². The Morgan fingerprint density at radius 3 is 2.19 bits per heavy atom. The molecule has 0 unspecified atom stereocenters. The van der Waals surface area contributed by atoms with Gasteiger partial charge in [-0.25, -0.2) is 0 Å². The van der Waals surface area contributed by atoms with E-state index in [4.69, 9.17) is 0 Å². The SMILES string of the molecule is O=C(c1ccc(CCN2CCCC2)cc1)N1CCC[C@H]1CN1CCCC1. The molecule has 0 aromatic heterocycles. The fourth-order valence-corrected chi connectivity index (χ4v) is 4.83. The average molecular weight is 356 g/mol. The summed E-state index contributed by atoms with van der Waals surface area (Å²) in [4.78, 5) is 20.2. The van der Waals surface area contributed by atoms with Gasteiger partial charge >= 0.3 is 0 Å². The topological polar surface area (TPSA) is 26.8 Å². The summed E-state index contributed by atoms with van der Waals surface area (Å²) in [5, 5.41) is 0. The predicted octanol–water partition coefficient (Wildman–Crippen LogP) is 3.03. The molecule has 1 atom stereocenters. The normalized spacial score (nSPS) is 24.6. The van der Waals surface area contributed by atoms with E-state index in [9.17, 15) is 4.79 Å². The first-order chi connectivity index (χ1) is 12.8. The second-order valence-electron chi connectivity index (χ2n) is 8.30. The van der Waals surface area contributed by atoms with Gasteiger partial charge in [-0.05, 0) is 88.8 Å². The van der Waals surface area contributed by atoms with Crippen LogP contribution < -0.4 is 0 Å². The minimum atomic E-state index is 0.234. The molecule has 4 rings (SSSR count). The Labute approximate surface area is 158 Å². The van der Waals surface area contributed by atoms with Crippen LogP contribution in [0.3, 0.4) is 0 Å². The molecule has 1 aromatic carbocycles. The molecule has 3 fully saturated rings. The summed E-state index contributed by atoms with van der Waals surface area (Å²) in [6.07, 6.45) is 8.74. The number of rotatable bonds is 6. The number of nitrogens with zero attached hydrogens (tertiary/aromatic N) is 3. The van der Waals surface area contributed by atoms with Gasteiger partial charge in [-0.15, -0.1) is 0 Å². The third-order valence-electron chi connectivity index (χ3n) is 6.42. The van der Waals surface area contributed by atoms with Crippen molar-refractivity contribution in [2.75, 3.05) is 45.8 Å². The molecule has 0 N–H and O–H groups in total. The van der Waals surface area contributed by atoms with Gasteiger partial charge in [0.25, 0.3) is 5.91 Å². The summed E-state index contributed by atoms with van der Waals surface area (Å²) in [7, 11) is 0. The molecule has 4 heteroatoms. The largest absolute Gasteiger partial charge is 0.334 e. The zero-order valence-electron chi connectivity index (χ0n) is 16.0. The van der Waals surface area contributed by atoms with Crippen LogP contribution in [0.1, 0.15) is 54.4 Å². The van der Waals surface area contributed by atoms with Crippen LogP contribution in [0.5, 0.6) is 0 Å². The number of carbonyl (C=O) groups is 1. The Morgan fingerprint density at radius 1 is 0.846 bits per heavy atom. The fraction of sp³-hybridized carbons (Fsp3) is 0.682. The van der Waals surface area contributed by atoms with Crippen LogP contribution in [0.2, 0.25) is 0 Å². The highest BCUT2D eigenvalue weighted by molar-refractivity contribution is 5.94. The summed E-state index contributed by atoms with van der Waals surface area (Å²) in [5.41, 5.74) is 2.21. The highest BCUT2D eigenvalue weighted by atomic mass is 16.2. The second kappa shape index (κ2) is 8.53. The van der Waals surface area contributed by atoms with Crippen molar-refractivity contribution in [1.29, 1.82) is 0 Å². The van der Waals surface area contributed by atoms with E-state index in [0.29, 0.717) is 6.04 Å². The second-order valence-corrected chi connectivity index (χ2v) is 8.30. The van der Waals surface area contributed by atoms with Crippen LogP contribution in [0.4, 0.5) is 0 Å². The lowest BCUT2D eigenvalue weighted by molar-refractivity contribution is 0.0709. The van der Waals surface area contributed by atoms with Gasteiger partial charge < -0.3 is 14.7 Å². The minimum absolute atomic E-state index is 0.234. The summed E-state index contributed by atoms with van der Waals surface area (Å²) in [5.74, 6) is 0.234. The molecule has 3 heterocycles. The van der Waals surface area contributed by atoms with Gasteiger partial charge in [-0.2, -0.15) is 0 Å². The van der Waals surface area contributed by atoms with Crippen LogP contribution >= 0.6 is 0 Å². The van der Waals surface area contributed by atoms with E-state index in [1.165, 1.54) is 57.4 Å².